The molecule has 31 heavy (non-hydrogen) atoms. The average Bonchev–Trinajstić information content (AvgIpc) is 2.78. The first kappa shape index (κ1) is 24.8. The molecule has 1 N–H and O–H groups in total. The van der Waals surface area contributed by atoms with Gasteiger partial charge in [0.25, 0.3) is 0 Å². The summed E-state index contributed by atoms with van der Waals surface area (Å²) in [6.07, 6.45) is 14.6. The molecule has 0 aliphatic carbocycles. The quantitative estimate of drug-likeness (QED) is 0.326. The molecule has 0 aliphatic heterocycles. The van der Waals surface area contributed by atoms with Crippen molar-refractivity contribution in [2.75, 3.05) is 20.3 Å². The molecule has 2 aromatic rings. The van der Waals surface area contributed by atoms with Crippen LogP contribution in [-0.2, 0) is 16.0 Å². The van der Waals surface area contributed by atoms with E-state index >= 15 is 0 Å². The van der Waals surface area contributed by atoms with E-state index in [9.17, 15) is 4.79 Å². The third kappa shape index (κ3) is 10.9. The van der Waals surface area contributed by atoms with Gasteiger partial charge in [-0.1, -0.05) is 25.7 Å². The fourth-order valence-corrected chi connectivity index (χ4v) is 3.36. The Morgan fingerprint density at radius 2 is 1.45 bits per heavy atom. The second kappa shape index (κ2) is 15.3. The van der Waals surface area contributed by atoms with Crippen molar-refractivity contribution in [2.24, 2.45) is 0 Å². The van der Waals surface area contributed by atoms with E-state index in [1.165, 1.54) is 6.42 Å². The predicted molar refractivity (Wildman–Crippen MR) is 122 cm³/mol. The minimum atomic E-state index is -0.705. The summed E-state index contributed by atoms with van der Waals surface area (Å²) in [7, 11) is 1.74. The van der Waals surface area contributed by atoms with E-state index in [0.29, 0.717) is 0 Å². The van der Waals surface area contributed by atoms with Crippen LogP contribution in [0.4, 0.5) is 0 Å². The molecule has 2 rings (SSSR count). The van der Waals surface area contributed by atoms with E-state index in [1.807, 2.05) is 36.7 Å². The van der Waals surface area contributed by atoms with Gasteiger partial charge >= 0.3 is 5.97 Å². The number of ether oxygens (including phenoxy) is 2. The van der Waals surface area contributed by atoms with Gasteiger partial charge in [0.15, 0.2) is 5.82 Å². The molecule has 0 unspecified atom stereocenters. The molecule has 1 aromatic carbocycles. The molecule has 1 aromatic heterocycles. The topological polar surface area (TPSA) is 81.5 Å². The van der Waals surface area contributed by atoms with Crippen molar-refractivity contribution < 1.29 is 19.4 Å². The maximum Gasteiger partial charge on any atom is 0.303 e. The molecule has 0 saturated carbocycles. The van der Waals surface area contributed by atoms with E-state index in [0.717, 1.165) is 93.7 Å². The van der Waals surface area contributed by atoms with Crippen molar-refractivity contribution in [2.45, 2.75) is 70.6 Å². The molecule has 0 fully saturated rings. The van der Waals surface area contributed by atoms with Crippen LogP contribution in [0.3, 0.4) is 0 Å². The smallest absolute Gasteiger partial charge is 0.303 e. The summed E-state index contributed by atoms with van der Waals surface area (Å²) in [5.41, 5.74) is 2.12. The van der Waals surface area contributed by atoms with E-state index in [-0.39, 0.29) is 6.42 Å². The zero-order chi connectivity index (χ0) is 22.2. The van der Waals surface area contributed by atoms with Gasteiger partial charge in [0.05, 0.1) is 6.61 Å². The van der Waals surface area contributed by atoms with Crippen molar-refractivity contribution in [3.05, 3.63) is 42.2 Å². The fraction of sp³-hybridized carbons (Fsp3) is 0.560. The number of hydrogen-bond acceptors (Lipinski definition) is 5. The molecule has 0 bridgehead atoms. The highest BCUT2D eigenvalue weighted by Crippen LogP contribution is 2.20. The summed E-state index contributed by atoms with van der Waals surface area (Å²) in [6.45, 7) is 1.57. The molecule has 1 heterocycles. The highest BCUT2D eigenvalue weighted by Gasteiger charge is 2.03. The summed E-state index contributed by atoms with van der Waals surface area (Å²) in [4.78, 5) is 19.5. The van der Waals surface area contributed by atoms with E-state index in [2.05, 4.69) is 9.97 Å². The molecule has 0 aliphatic rings. The lowest BCUT2D eigenvalue weighted by atomic mass is 10.1. The van der Waals surface area contributed by atoms with Crippen LogP contribution in [-0.4, -0.2) is 41.4 Å². The summed E-state index contributed by atoms with van der Waals surface area (Å²) in [6, 6.07) is 7.95. The molecular formula is C25H36N2O4. The minimum Gasteiger partial charge on any atom is -0.494 e. The maximum absolute atomic E-state index is 10.5. The van der Waals surface area contributed by atoms with Crippen LogP contribution in [0.5, 0.6) is 5.75 Å². The summed E-state index contributed by atoms with van der Waals surface area (Å²) in [5, 5.41) is 8.63. The number of carboxylic acid groups (broad SMARTS) is 1. The fourth-order valence-electron chi connectivity index (χ4n) is 3.36. The largest absolute Gasteiger partial charge is 0.494 e. The zero-order valence-corrected chi connectivity index (χ0v) is 18.7. The zero-order valence-electron chi connectivity index (χ0n) is 18.7. The van der Waals surface area contributed by atoms with E-state index < -0.39 is 5.97 Å². The van der Waals surface area contributed by atoms with Gasteiger partial charge in [-0.25, -0.2) is 9.97 Å². The van der Waals surface area contributed by atoms with Gasteiger partial charge in [-0.3, -0.25) is 4.79 Å². The molecule has 0 atom stereocenters. The number of aryl methyl sites for hydroxylation is 1. The number of hydrogen-bond donors (Lipinski definition) is 1. The first-order chi connectivity index (χ1) is 15.2. The van der Waals surface area contributed by atoms with Crippen molar-refractivity contribution in [1.82, 2.24) is 9.97 Å². The monoisotopic (exact) mass is 428 g/mol. The van der Waals surface area contributed by atoms with Crippen LogP contribution in [0.25, 0.3) is 11.4 Å². The van der Waals surface area contributed by atoms with Crippen molar-refractivity contribution in [3.8, 4) is 17.1 Å². The SMILES string of the molecule is COCCCCCCOc1ccc(-c2ncc(CCCCCCCC(=O)O)cn2)cc1. The summed E-state index contributed by atoms with van der Waals surface area (Å²) >= 11 is 0. The Labute approximate surface area is 186 Å². The van der Waals surface area contributed by atoms with Gasteiger partial charge in [-0.05, 0) is 68.4 Å². The van der Waals surface area contributed by atoms with Crippen LogP contribution in [0.2, 0.25) is 0 Å². The molecular weight excluding hydrogens is 392 g/mol. The van der Waals surface area contributed by atoms with Gasteiger partial charge in [0.2, 0.25) is 0 Å². The molecule has 0 radical (unpaired) electrons. The normalized spacial score (nSPS) is 10.9. The Balaban J connectivity index is 1.64. The van der Waals surface area contributed by atoms with E-state index in [1.54, 1.807) is 7.11 Å². The number of carbonyl (C=O) groups is 1. The third-order valence-corrected chi connectivity index (χ3v) is 5.19. The highest BCUT2D eigenvalue weighted by atomic mass is 16.5. The first-order valence-electron chi connectivity index (χ1n) is 11.4. The van der Waals surface area contributed by atoms with Crippen LogP contribution in [0.1, 0.15) is 69.8 Å². The van der Waals surface area contributed by atoms with Gasteiger partial charge < -0.3 is 14.6 Å². The van der Waals surface area contributed by atoms with Gasteiger partial charge in [-0.2, -0.15) is 0 Å². The first-order valence-corrected chi connectivity index (χ1v) is 11.4. The Bertz CT molecular complexity index is 732. The number of benzene rings is 1. The Morgan fingerprint density at radius 3 is 2.13 bits per heavy atom. The lowest BCUT2D eigenvalue weighted by molar-refractivity contribution is -0.137. The maximum atomic E-state index is 10.5. The van der Waals surface area contributed by atoms with Crippen molar-refractivity contribution in [3.63, 3.8) is 0 Å². The van der Waals surface area contributed by atoms with Gasteiger partial charge in [0, 0.05) is 38.1 Å². The van der Waals surface area contributed by atoms with E-state index in [4.69, 9.17) is 14.6 Å². The number of carboxylic acids is 1. The lowest BCUT2D eigenvalue weighted by Gasteiger charge is -2.07. The number of nitrogens with zero attached hydrogens (tertiary/aromatic N) is 2. The standard InChI is InChI=1S/C25H36N2O4/c1-30-17-9-5-6-10-18-31-23-15-13-22(14-16-23)25-26-19-21(20-27-25)11-7-3-2-4-8-12-24(28)29/h13-16,19-20H,2-12,17-18H2,1H3,(H,28,29). The van der Waals surface area contributed by atoms with Gasteiger partial charge in [-0.15, -0.1) is 0 Å². The number of aromatic nitrogens is 2. The highest BCUT2D eigenvalue weighted by molar-refractivity contribution is 5.66. The summed E-state index contributed by atoms with van der Waals surface area (Å²) in [5.74, 6) is 0.895. The number of rotatable bonds is 17. The molecule has 0 amide bonds. The van der Waals surface area contributed by atoms with Crippen LogP contribution < -0.4 is 4.74 Å². The number of unbranched alkanes of at least 4 members (excludes halogenated alkanes) is 7. The number of aliphatic carboxylic acids is 1. The predicted octanol–water partition coefficient (Wildman–Crippen LogP) is 5.70. The molecule has 170 valence electrons. The average molecular weight is 429 g/mol. The summed E-state index contributed by atoms with van der Waals surface area (Å²) < 4.78 is 10.9. The van der Waals surface area contributed by atoms with Crippen LogP contribution in [0, 0.1) is 0 Å². The molecule has 0 saturated heterocycles. The Morgan fingerprint density at radius 1 is 0.839 bits per heavy atom. The second-order valence-corrected chi connectivity index (χ2v) is 7.86. The van der Waals surface area contributed by atoms with Crippen LogP contribution in [0.15, 0.2) is 36.7 Å². The molecule has 6 nitrogen and oxygen atoms in total. The van der Waals surface area contributed by atoms with Gasteiger partial charge in [0.1, 0.15) is 5.75 Å². The molecule has 0 spiro atoms. The third-order valence-electron chi connectivity index (χ3n) is 5.19. The van der Waals surface area contributed by atoms with Crippen molar-refractivity contribution >= 4 is 5.97 Å². The lowest BCUT2D eigenvalue weighted by Crippen LogP contribution is -1.98. The second-order valence-electron chi connectivity index (χ2n) is 7.86. The Hall–Kier alpha value is -2.47. The number of methoxy groups -OCH3 is 1. The Kier molecular flexibility index (Phi) is 12.3. The van der Waals surface area contributed by atoms with Crippen LogP contribution >= 0.6 is 0 Å². The minimum absolute atomic E-state index is 0.276. The van der Waals surface area contributed by atoms with Crippen molar-refractivity contribution in [1.29, 1.82) is 0 Å². The molecule has 6 heteroatoms.